The number of H-pyrrole nitrogens is 1. The van der Waals surface area contributed by atoms with Gasteiger partial charge in [0.1, 0.15) is 5.56 Å². The molecule has 2 N–H and O–H groups in total. The molecular formula is C14H19N3O4. The number of hydrogen-bond donors (Lipinski definition) is 2. The number of anilines is 1. The number of ether oxygens (including phenoxy) is 1. The van der Waals surface area contributed by atoms with Gasteiger partial charge >= 0.3 is 5.97 Å². The fourth-order valence-electron chi connectivity index (χ4n) is 2.37. The van der Waals surface area contributed by atoms with Crippen molar-refractivity contribution in [2.45, 2.75) is 20.3 Å². The maximum atomic E-state index is 12.2. The standard InChI is InChI=1S/C14H19N3O4/c1-4-21-14(20)12-8(2)15-6-10(12)16-13(19)9-5-11(18)17(3)7-9/h6,9,15H,4-5,7H2,1-3H3,(H,16,19). The number of carbonyl (C=O) groups excluding carboxylic acids is 3. The molecule has 1 unspecified atom stereocenters. The number of likely N-dealkylation sites (tertiary alicyclic amines) is 1. The molecule has 1 atom stereocenters. The average Bonchev–Trinajstić information content (AvgIpc) is 2.94. The first-order valence-electron chi connectivity index (χ1n) is 6.84. The largest absolute Gasteiger partial charge is 0.462 e. The number of aryl methyl sites for hydroxylation is 1. The number of carbonyl (C=O) groups is 3. The quantitative estimate of drug-likeness (QED) is 0.807. The molecule has 2 rings (SSSR count). The van der Waals surface area contributed by atoms with Crippen LogP contribution in [0.25, 0.3) is 0 Å². The van der Waals surface area contributed by atoms with Gasteiger partial charge in [0.05, 0.1) is 18.2 Å². The van der Waals surface area contributed by atoms with E-state index in [2.05, 4.69) is 10.3 Å². The summed E-state index contributed by atoms with van der Waals surface area (Å²) in [4.78, 5) is 40.0. The highest BCUT2D eigenvalue weighted by Gasteiger charge is 2.33. The van der Waals surface area contributed by atoms with Gasteiger partial charge in [-0.15, -0.1) is 0 Å². The van der Waals surface area contributed by atoms with Crippen LogP contribution in [0.5, 0.6) is 0 Å². The fourth-order valence-corrected chi connectivity index (χ4v) is 2.37. The van der Waals surface area contributed by atoms with E-state index >= 15 is 0 Å². The van der Waals surface area contributed by atoms with Crippen molar-refractivity contribution in [3.8, 4) is 0 Å². The van der Waals surface area contributed by atoms with Gasteiger partial charge < -0.3 is 19.9 Å². The molecule has 1 aliphatic heterocycles. The van der Waals surface area contributed by atoms with E-state index in [0.717, 1.165) is 0 Å². The fraction of sp³-hybridized carbons (Fsp3) is 0.500. The van der Waals surface area contributed by atoms with Gasteiger partial charge in [-0.25, -0.2) is 4.79 Å². The number of aromatic amines is 1. The van der Waals surface area contributed by atoms with E-state index in [-0.39, 0.29) is 24.8 Å². The average molecular weight is 293 g/mol. The molecule has 7 heteroatoms. The number of esters is 1. The zero-order valence-corrected chi connectivity index (χ0v) is 12.4. The first-order chi connectivity index (χ1) is 9.93. The van der Waals surface area contributed by atoms with E-state index in [1.807, 2.05) is 0 Å². The van der Waals surface area contributed by atoms with Gasteiger partial charge in [0, 0.05) is 31.9 Å². The minimum atomic E-state index is -0.480. The van der Waals surface area contributed by atoms with Crippen molar-refractivity contribution in [2.24, 2.45) is 5.92 Å². The molecule has 1 aliphatic rings. The Labute approximate surface area is 122 Å². The number of aromatic nitrogens is 1. The topological polar surface area (TPSA) is 91.5 Å². The molecule has 2 heterocycles. The second-order valence-electron chi connectivity index (χ2n) is 5.09. The number of nitrogens with one attached hydrogen (secondary N) is 2. The van der Waals surface area contributed by atoms with Crippen LogP contribution in [0, 0.1) is 12.8 Å². The van der Waals surface area contributed by atoms with Crippen molar-refractivity contribution < 1.29 is 19.1 Å². The molecule has 0 aromatic carbocycles. The Kier molecular flexibility index (Phi) is 4.30. The van der Waals surface area contributed by atoms with Gasteiger partial charge in [-0.2, -0.15) is 0 Å². The van der Waals surface area contributed by atoms with E-state index in [1.54, 1.807) is 27.1 Å². The lowest BCUT2D eigenvalue weighted by Crippen LogP contribution is -2.26. The SMILES string of the molecule is CCOC(=O)c1c(NC(=O)C2CC(=O)N(C)C2)c[nH]c1C. The predicted molar refractivity (Wildman–Crippen MR) is 75.9 cm³/mol. The third-order valence-corrected chi connectivity index (χ3v) is 3.53. The highest BCUT2D eigenvalue weighted by molar-refractivity contribution is 6.04. The van der Waals surface area contributed by atoms with Crippen LogP contribution in [0.3, 0.4) is 0 Å². The molecule has 7 nitrogen and oxygen atoms in total. The highest BCUT2D eigenvalue weighted by atomic mass is 16.5. The first-order valence-corrected chi connectivity index (χ1v) is 6.84. The van der Waals surface area contributed by atoms with Crippen molar-refractivity contribution in [1.29, 1.82) is 0 Å². The van der Waals surface area contributed by atoms with Crippen LogP contribution >= 0.6 is 0 Å². The molecule has 0 spiro atoms. The molecule has 1 aromatic heterocycles. The van der Waals surface area contributed by atoms with Gasteiger partial charge in [0.25, 0.3) is 0 Å². The van der Waals surface area contributed by atoms with Crippen LogP contribution in [0.15, 0.2) is 6.20 Å². The Morgan fingerprint density at radius 2 is 2.24 bits per heavy atom. The summed E-state index contributed by atoms with van der Waals surface area (Å²) >= 11 is 0. The molecule has 0 bridgehead atoms. The van der Waals surface area contributed by atoms with Crippen molar-refractivity contribution in [2.75, 3.05) is 25.5 Å². The van der Waals surface area contributed by atoms with Gasteiger partial charge in [0.2, 0.25) is 11.8 Å². The van der Waals surface area contributed by atoms with Gasteiger partial charge in [-0.3, -0.25) is 9.59 Å². The Morgan fingerprint density at radius 3 is 2.81 bits per heavy atom. The number of amides is 2. The van der Waals surface area contributed by atoms with E-state index in [9.17, 15) is 14.4 Å². The number of nitrogens with zero attached hydrogens (tertiary/aromatic N) is 1. The summed E-state index contributed by atoms with van der Waals surface area (Å²) in [6, 6.07) is 0. The van der Waals surface area contributed by atoms with Crippen molar-refractivity contribution in [3.63, 3.8) is 0 Å². The van der Waals surface area contributed by atoms with Crippen molar-refractivity contribution >= 4 is 23.5 Å². The molecule has 2 amide bonds. The van der Waals surface area contributed by atoms with Gasteiger partial charge in [-0.1, -0.05) is 0 Å². The third-order valence-electron chi connectivity index (χ3n) is 3.53. The summed E-state index contributed by atoms with van der Waals surface area (Å²) in [5, 5.41) is 2.70. The Balaban J connectivity index is 2.11. The maximum absolute atomic E-state index is 12.2. The van der Waals surface area contributed by atoms with Crippen LogP contribution in [-0.4, -0.2) is 47.9 Å². The molecule has 0 saturated carbocycles. The molecule has 0 aliphatic carbocycles. The molecule has 1 fully saturated rings. The maximum Gasteiger partial charge on any atom is 0.342 e. The van der Waals surface area contributed by atoms with Gasteiger partial charge in [-0.05, 0) is 13.8 Å². The Bertz CT molecular complexity index is 579. The Hall–Kier alpha value is -2.31. The van der Waals surface area contributed by atoms with Crippen molar-refractivity contribution in [1.82, 2.24) is 9.88 Å². The summed E-state index contributed by atoms with van der Waals surface area (Å²) in [6.45, 7) is 4.11. The monoisotopic (exact) mass is 293 g/mol. The van der Waals surface area contributed by atoms with Crippen LogP contribution < -0.4 is 5.32 Å². The second kappa shape index (κ2) is 5.99. The van der Waals surface area contributed by atoms with Crippen LogP contribution in [-0.2, 0) is 14.3 Å². The first kappa shape index (κ1) is 15.1. The predicted octanol–water partition coefficient (Wildman–Crippen LogP) is 0.917. The molecule has 21 heavy (non-hydrogen) atoms. The van der Waals surface area contributed by atoms with Crippen LogP contribution in [0.4, 0.5) is 5.69 Å². The second-order valence-corrected chi connectivity index (χ2v) is 5.09. The van der Waals surface area contributed by atoms with Crippen LogP contribution in [0.1, 0.15) is 29.4 Å². The van der Waals surface area contributed by atoms with E-state index < -0.39 is 11.9 Å². The third kappa shape index (κ3) is 3.07. The molecule has 1 aromatic rings. The van der Waals surface area contributed by atoms with Crippen LogP contribution in [0.2, 0.25) is 0 Å². The van der Waals surface area contributed by atoms with E-state index in [0.29, 0.717) is 23.5 Å². The lowest BCUT2D eigenvalue weighted by molar-refractivity contribution is -0.127. The molecule has 114 valence electrons. The molecular weight excluding hydrogens is 274 g/mol. The normalized spacial score (nSPS) is 18.0. The number of rotatable bonds is 4. The lowest BCUT2D eigenvalue weighted by atomic mass is 10.1. The summed E-state index contributed by atoms with van der Waals surface area (Å²) < 4.78 is 4.98. The minimum absolute atomic E-state index is 0.0500. The van der Waals surface area contributed by atoms with Gasteiger partial charge in [0.15, 0.2) is 0 Å². The zero-order chi connectivity index (χ0) is 15.6. The lowest BCUT2D eigenvalue weighted by Gasteiger charge is -2.11. The summed E-state index contributed by atoms with van der Waals surface area (Å²) in [7, 11) is 1.67. The van der Waals surface area contributed by atoms with Crippen molar-refractivity contribution in [3.05, 3.63) is 17.5 Å². The summed E-state index contributed by atoms with van der Waals surface area (Å²) in [5.41, 5.74) is 1.34. The van der Waals surface area contributed by atoms with E-state index in [1.165, 1.54) is 4.90 Å². The molecule has 0 radical (unpaired) electrons. The van der Waals surface area contributed by atoms with E-state index in [4.69, 9.17) is 4.74 Å². The number of hydrogen-bond acceptors (Lipinski definition) is 4. The smallest absolute Gasteiger partial charge is 0.342 e. The highest BCUT2D eigenvalue weighted by Crippen LogP contribution is 2.23. The Morgan fingerprint density at radius 1 is 1.52 bits per heavy atom. The summed E-state index contributed by atoms with van der Waals surface area (Å²) in [6.07, 6.45) is 1.75. The zero-order valence-electron chi connectivity index (χ0n) is 12.4. The molecule has 1 saturated heterocycles. The summed E-state index contributed by atoms with van der Waals surface area (Å²) in [5.74, 6) is -1.19. The minimum Gasteiger partial charge on any atom is -0.462 e.